The van der Waals surface area contributed by atoms with Gasteiger partial charge in [-0.05, 0) is 49.3 Å². The SMILES string of the molecule is CC(C)(C)CN=C(Nc1cccc(F)c1)NC1CCC(N)CC1. The molecule has 0 aliphatic heterocycles. The van der Waals surface area contributed by atoms with Gasteiger partial charge in [-0.15, -0.1) is 0 Å². The fourth-order valence-corrected chi connectivity index (χ4v) is 2.60. The molecule has 0 spiro atoms. The van der Waals surface area contributed by atoms with E-state index in [4.69, 9.17) is 5.73 Å². The third-order valence-corrected chi connectivity index (χ3v) is 3.91. The third kappa shape index (κ3) is 6.57. The van der Waals surface area contributed by atoms with Crippen LogP contribution in [0.4, 0.5) is 10.1 Å². The van der Waals surface area contributed by atoms with Crippen LogP contribution in [0, 0.1) is 11.2 Å². The molecule has 4 nitrogen and oxygen atoms in total. The van der Waals surface area contributed by atoms with E-state index in [-0.39, 0.29) is 11.2 Å². The molecule has 0 unspecified atom stereocenters. The highest BCUT2D eigenvalue weighted by atomic mass is 19.1. The highest BCUT2D eigenvalue weighted by molar-refractivity contribution is 5.93. The normalized spacial score (nSPS) is 22.7. The zero-order valence-electron chi connectivity index (χ0n) is 14.4. The van der Waals surface area contributed by atoms with Gasteiger partial charge in [0.25, 0.3) is 0 Å². The summed E-state index contributed by atoms with van der Waals surface area (Å²) in [5.41, 5.74) is 6.78. The molecule has 23 heavy (non-hydrogen) atoms. The lowest BCUT2D eigenvalue weighted by Crippen LogP contribution is -2.43. The smallest absolute Gasteiger partial charge is 0.196 e. The van der Waals surface area contributed by atoms with Gasteiger partial charge in [-0.1, -0.05) is 26.8 Å². The largest absolute Gasteiger partial charge is 0.353 e. The second-order valence-corrected chi connectivity index (χ2v) is 7.62. The minimum Gasteiger partial charge on any atom is -0.353 e. The molecule has 0 aromatic heterocycles. The molecule has 0 atom stereocenters. The minimum atomic E-state index is -0.256. The van der Waals surface area contributed by atoms with Crippen molar-refractivity contribution >= 4 is 11.6 Å². The van der Waals surface area contributed by atoms with E-state index in [0.29, 0.717) is 30.3 Å². The van der Waals surface area contributed by atoms with Gasteiger partial charge in [0.05, 0.1) is 0 Å². The van der Waals surface area contributed by atoms with Crippen LogP contribution in [-0.2, 0) is 0 Å². The standard InChI is InChI=1S/C18H29FN4/c1-18(2,3)12-21-17(22-15-9-7-14(20)8-10-15)23-16-6-4-5-13(19)11-16/h4-6,11,14-15H,7-10,12,20H2,1-3H3,(H2,21,22,23). The molecule has 5 heteroatoms. The summed E-state index contributed by atoms with van der Waals surface area (Å²) in [4.78, 5) is 4.67. The van der Waals surface area contributed by atoms with Gasteiger partial charge >= 0.3 is 0 Å². The van der Waals surface area contributed by atoms with E-state index >= 15 is 0 Å². The average Bonchev–Trinajstić information content (AvgIpc) is 2.46. The average molecular weight is 320 g/mol. The van der Waals surface area contributed by atoms with Gasteiger partial charge in [0.2, 0.25) is 0 Å². The number of nitrogens with one attached hydrogen (secondary N) is 2. The number of halogens is 1. The molecule has 1 fully saturated rings. The topological polar surface area (TPSA) is 62.4 Å². The summed E-state index contributed by atoms with van der Waals surface area (Å²) in [6, 6.07) is 7.14. The molecule has 4 N–H and O–H groups in total. The van der Waals surface area contributed by atoms with Crippen molar-refractivity contribution in [1.82, 2.24) is 5.32 Å². The highest BCUT2D eigenvalue weighted by Gasteiger charge is 2.20. The summed E-state index contributed by atoms with van der Waals surface area (Å²) in [5.74, 6) is 0.458. The van der Waals surface area contributed by atoms with Crippen molar-refractivity contribution < 1.29 is 4.39 Å². The Balaban J connectivity index is 2.05. The van der Waals surface area contributed by atoms with Crippen molar-refractivity contribution in [2.45, 2.75) is 58.5 Å². The zero-order valence-corrected chi connectivity index (χ0v) is 14.4. The van der Waals surface area contributed by atoms with Gasteiger partial charge in [-0.3, -0.25) is 4.99 Å². The Hall–Kier alpha value is -1.62. The Bertz CT molecular complexity index is 528. The highest BCUT2D eigenvalue weighted by Crippen LogP contribution is 2.18. The lowest BCUT2D eigenvalue weighted by Gasteiger charge is -2.28. The second kappa shape index (κ2) is 7.77. The van der Waals surface area contributed by atoms with Crippen LogP contribution in [0.25, 0.3) is 0 Å². The molecule has 0 heterocycles. The van der Waals surface area contributed by atoms with E-state index in [1.807, 2.05) is 6.07 Å². The monoisotopic (exact) mass is 320 g/mol. The Morgan fingerprint density at radius 1 is 1.26 bits per heavy atom. The van der Waals surface area contributed by atoms with Crippen LogP contribution in [-0.4, -0.2) is 24.6 Å². The predicted octanol–water partition coefficient (Wildman–Crippen LogP) is 3.50. The first-order valence-electron chi connectivity index (χ1n) is 8.41. The van der Waals surface area contributed by atoms with Crippen LogP contribution in [0.1, 0.15) is 46.5 Å². The van der Waals surface area contributed by atoms with E-state index < -0.39 is 0 Å². The number of hydrogen-bond acceptors (Lipinski definition) is 2. The Morgan fingerprint density at radius 3 is 2.57 bits per heavy atom. The lowest BCUT2D eigenvalue weighted by atomic mass is 9.92. The minimum absolute atomic E-state index is 0.103. The van der Waals surface area contributed by atoms with E-state index in [0.717, 1.165) is 25.7 Å². The van der Waals surface area contributed by atoms with Crippen molar-refractivity contribution in [3.8, 4) is 0 Å². The maximum absolute atomic E-state index is 13.4. The summed E-state index contributed by atoms with van der Waals surface area (Å²) in [6.45, 7) is 7.14. The van der Waals surface area contributed by atoms with Crippen LogP contribution < -0.4 is 16.4 Å². The van der Waals surface area contributed by atoms with Crippen LogP contribution in [0.5, 0.6) is 0 Å². The molecule has 0 saturated heterocycles. The van der Waals surface area contributed by atoms with Crippen LogP contribution in [0.15, 0.2) is 29.3 Å². The van der Waals surface area contributed by atoms with Gasteiger partial charge in [0, 0.05) is 24.3 Å². The van der Waals surface area contributed by atoms with Gasteiger partial charge in [0.1, 0.15) is 5.82 Å². The summed E-state index contributed by atoms with van der Waals surface area (Å²) in [7, 11) is 0. The van der Waals surface area contributed by atoms with Crippen LogP contribution >= 0.6 is 0 Å². The van der Waals surface area contributed by atoms with Crippen molar-refractivity contribution in [2.24, 2.45) is 16.1 Å². The van der Waals surface area contributed by atoms with E-state index in [9.17, 15) is 4.39 Å². The fraction of sp³-hybridized carbons (Fsp3) is 0.611. The first-order valence-corrected chi connectivity index (χ1v) is 8.41. The van der Waals surface area contributed by atoms with Gasteiger partial charge in [0.15, 0.2) is 5.96 Å². The first kappa shape index (κ1) is 17.7. The van der Waals surface area contributed by atoms with Crippen LogP contribution in [0.3, 0.4) is 0 Å². The number of guanidine groups is 1. The third-order valence-electron chi connectivity index (χ3n) is 3.91. The fourth-order valence-electron chi connectivity index (χ4n) is 2.60. The van der Waals surface area contributed by atoms with Crippen molar-refractivity contribution in [2.75, 3.05) is 11.9 Å². The van der Waals surface area contributed by atoms with Crippen molar-refractivity contribution in [3.63, 3.8) is 0 Å². The maximum Gasteiger partial charge on any atom is 0.196 e. The summed E-state index contributed by atoms with van der Waals surface area (Å²) < 4.78 is 13.4. The first-order chi connectivity index (χ1) is 10.8. The lowest BCUT2D eigenvalue weighted by molar-refractivity contribution is 0.372. The van der Waals surface area contributed by atoms with E-state index in [1.54, 1.807) is 6.07 Å². The number of hydrogen-bond donors (Lipinski definition) is 3. The molecule has 0 bridgehead atoms. The molecule has 0 radical (unpaired) electrons. The molecule has 1 saturated carbocycles. The van der Waals surface area contributed by atoms with Gasteiger partial charge in [-0.2, -0.15) is 0 Å². The Kier molecular flexibility index (Phi) is 5.99. The molecule has 1 aromatic rings. The number of nitrogens with two attached hydrogens (primary N) is 1. The van der Waals surface area contributed by atoms with Crippen molar-refractivity contribution in [1.29, 1.82) is 0 Å². The van der Waals surface area contributed by atoms with Crippen LogP contribution in [0.2, 0.25) is 0 Å². The molecular formula is C18H29FN4. The Morgan fingerprint density at radius 2 is 1.96 bits per heavy atom. The molecule has 2 rings (SSSR count). The molecule has 1 aliphatic carbocycles. The summed E-state index contributed by atoms with van der Waals surface area (Å²) in [5, 5.41) is 6.70. The molecule has 1 aliphatic rings. The Labute approximate surface area is 138 Å². The predicted molar refractivity (Wildman–Crippen MR) is 95.1 cm³/mol. The van der Waals surface area contributed by atoms with Crippen molar-refractivity contribution in [3.05, 3.63) is 30.1 Å². The van der Waals surface area contributed by atoms with Gasteiger partial charge in [-0.25, -0.2) is 4.39 Å². The summed E-state index contributed by atoms with van der Waals surface area (Å²) in [6.07, 6.45) is 4.15. The maximum atomic E-state index is 13.4. The molecule has 128 valence electrons. The second-order valence-electron chi connectivity index (χ2n) is 7.62. The zero-order chi connectivity index (χ0) is 16.9. The molecule has 0 amide bonds. The van der Waals surface area contributed by atoms with E-state index in [2.05, 4.69) is 36.4 Å². The number of nitrogens with zero attached hydrogens (tertiary/aromatic N) is 1. The summed E-state index contributed by atoms with van der Waals surface area (Å²) >= 11 is 0. The van der Waals surface area contributed by atoms with Gasteiger partial charge < -0.3 is 16.4 Å². The number of rotatable bonds is 3. The number of anilines is 1. The molecular weight excluding hydrogens is 291 g/mol. The molecule has 1 aromatic carbocycles. The number of benzene rings is 1. The van der Waals surface area contributed by atoms with E-state index in [1.165, 1.54) is 12.1 Å². The quantitative estimate of drug-likeness (QED) is 0.590. The number of aliphatic imine (C=N–C) groups is 1.